The first-order valence-electron chi connectivity index (χ1n) is 7.66. The summed E-state index contributed by atoms with van der Waals surface area (Å²) in [5.41, 5.74) is -1.27. The molecule has 20 heavy (non-hydrogen) atoms. The van der Waals surface area contributed by atoms with Gasteiger partial charge >= 0.3 is 5.97 Å². The number of aliphatic carboxylic acids is 1. The van der Waals surface area contributed by atoms with Crippen LogP contribution < -0.4 is 4.72 Å². The first-order chi connectivity index (χ1) is 9.39. The molecule has 5 nitrogen and oxygen atoms in total. The fraction of sp³-hybridized carbons (Fsp3) is 0.929. The van der Waals surface area contributed by atoms with Crippen molar-refractivity contribution in [2.24, 2.45) is 5.92 Å². The summed E-state index contributed by atoms with van der Waals surface area (Å²) in [4.78, 5) is 11.6. The Morgan fingerprint density at radius 2 is 1.75 bits per heavy atom. The van der Waals surface area contributed by atoms with Gasteiger partial charge in [0, 0.05) is 0 Å². The first-order valence-corrected chi connectivity index (χ1v) is 9.20. The summed E-state index contributed by atoms with van der Waals surface area (Å²) in [7, 11) is -3.52. The van der Waals surface area contributed by atoms with E-state index in [0.29, 0.717) is 31.6 Å². The second-order valence-electron chi connectivity index (χ2n) is 6.29. The largest absolute Gasteiger partial charge is 0.480 e. The number of sulfonamides is 1. The number of rotatable bonds is 5. The number of carbonyl (C=O) groups is 1. The molecule has 0 saturated heterocycles. The van der Waals surface area contributed by atoms with E-state index in [0.717, 1.165) is 32.1 Å². The minimum absolute atomic E-state index is 0.400. The van der Waals surface area contributed by atoms with Crippen LogP contribution in [-0.2, 0) is 14.8 Å². The smallest absolute Gasteiger partial charge is 0.324 e. The van der Waals surface area contributed by atoms with Crippen molar-refractivity contribution in [3.05, 3.63) is 0 Å². The van der Waals surface area contributed by atoms with Gasteiger partial charge in [-0.3, -0.25) is 4.79 Å². The third-order valence-electron chi connectivity index (χ3n) is 5.02. The van der Waals surface area contributed by atoms with Crippen LogP contribution in [-0.4, -0.2) is 30.3 Å². The molecule has 0 radical (unpaired) electrons. The zero-order chi connectivity index (χ0) is 14.8. The Balaban J connectivity index is 2.12. The summed E-state index contributed by atoms with van der Waals surface area (Å²) >= 11 is 0. The Hall–Kier alpha value is -0.620. The molecule has 0 bridgehead atoms. The van der Waals surface area contributed by atoms with Crippen LogP contribution in [0.25, 0.3) is 0 Å². The molecule has 0 aromatic rings. The molecule has 0 aromatic carbocycles. The molecular weight excluding hydrogens is 278 g/mol. The summed E-state index contributed by atoms with van der Waals surface area (Å²) in [5.74, 6) is -0.493. The molecule has 2 aliphatic rings. The molecule has 0 heterocycles. The molecule has 2 aliphatic carbocycles. The van der Waals surface area contributed by atoms with Crippen molar-refractivity contribution in [3.63, 3.8) is 0 Å². The van der Waals surface area contributed by atoms with E-state index in [1.54, 1.807) is 0 Å². The Bertz CT molecular complexity index is 446. The van der Waals surface area contributed by atoms with E-state index in [4.69, 9.17) is 0 Å². The molecule has 2 N–H and O–H groups in total. The lowest BCUT2D eigenvalue weighted by Gasteiger charge is -2.37. The number of hydrogen-bond acceptors (Lipinski definition) is 3. The summed E-state index contributed by atoms with van der Waals surface area (Å²) in [6, 6.07) is 0. The highest BCUT2D eigenvalue weighted by atomic mass is 32.2. The number of hydrogen-bond donors (Lipinski definition) is 2. The zero-order valence-electron chi connectivity index (χ0n) is 12.1. The lowest BCUT2D eigenvalue weighted by molar-refractivity contribution is -0.145. The molecule has 0 atom stereocenters. The van der Waals surface area contributed by atoms with Crippen molar-refractivity contribution in [2.45, 2.75) is 75.5 Å². The molecule has 2 saturated carbocycles. The van der Waals surface area contributed by atoms with Crippen molar-refractivity contribution in [1.82, 2.24) is 4.72 Å². The van der Waals surface area contributed by atoms with E-state index in [1.807, 2.05) is 0 Å². The number of nitrogens with one attached hydrogen (secondary N) is 1. The highest BCUT2D eigenvalue weighted by Gasteiger charge is 2.46. The van der Waals surface area contributed by atoms with Crippen molar-refractivity contribution < 1.29 is 18.3 Å². The van der Waals surface area contributed by atoms with E-state index in [2.05, 4.69) is 11.6 Å². The van der Waals surface area contributed by atoms with Crippen LogP contribution in [0.4, 0.5) is 0 Å². The van der Waals surface area contributed by atoms with E-state index >= 15 is 0 Å². The Morgan fingerprint density at radius 3 is 2.20 bits per heavy atom. The van der Waals surface area contributed by atoms with Gasteiger partial charge in [0.1, 0.15) is 5.54 Å². The van der Waals surface area contributed by atoms with Gasteiger partial charge in [-0.15, -0.1) is 0 Å². The van der Waals surface area contributed by atoms with Gasteiger partial charge in [0.05, 0.1) is 5.25 Å². The van der Waals surface area contributed by atoms with Crippen molar-refractivity contribution in [3.8, 4) is 0 Å². The Kier molecular flexibility index (Phi) is 4.74. The lowest BCUT2D eigenvalue weighted by Crippen LogP contribution is -2.57. The molecule has 0 aromatic heterocycles. The van der Waals surface area contributed by atoms with Crippen molar-refractivity contribution in [2.75, 3.05) is 0 Å². The molecule has 2 fully saturated rings. The van der Waals surface area contributed by atoms with E-state index in [1.165, 1.54) is 0 Å². The van der Waals surface area contributed by atoms with E-state index in [-0.39, 0.29) is 0 Å². The maximum absolute atomic E-state index is 12.4. The summed E-state index contributed by atoms with van der Waals surface area (Å²) < 4.78 is 27.3. The van der Waals surface area contributed by atoms with Crippen LogP contribution in [0.1, 0.15) is 64.7 Å². The topological polar surface area (TPSA) is 83.5 Å². The minimum atomic E-state index is -3.52. The van der Waals surface area contributed by atoms with Gasteiger partial charge < -0.3 is 5.11 Å². The predicted molar refractivity (Wildman–Crippen MR) is 76.9 cm³/mol. The number of carboxylic acid groups (broad SMARTS) is 1. The lowest BCUT2D eigenvalue weighted by atomic mass is 9.76. The molecule has 116 valence electrons. The van der Waals surface area contributed by atoms with Gasteiger partial charge in [0.2, 0.25) is 10.0 Å². The van der Waals surface area contributed by atoms with Gasteiger partial charge in [0.15, 0.2) is 0 Å². The Labute approximate surface area is 121 Å². The van der Waals surface area contributed by atoms with Crippen LogP contribution in [0.3, 0.4) is 0 Å². The molecule has 0 amide bonds. The third kappa shape index (κ3) is 3.17. The van der Waals surface area contributed by atoms with Crippen molar-refractivity contribution >= 4 is 16.0 Å². The summed E-state index contributed by atoms with van der Waals surface area (Å²) in [6.45, 7) is 2.10. The normalized spacial score (nSPS) is 32.4. The molecule has 0 unspecified atom stereocenters. The third-order valence-corrected chi connectivity index (χ3v) is 7.05. The highest BCUT2D eigenvalue weighted by Crippen LogP contribution is 2.36. The standard InChI is InChI=1S/C14H25NO4S/c1-2-11-7-9-14(10-8-11,13(16)17)15-20(18,19)12-5-3-4-6-12/h11-12,15H,2-10H2,1H3,(H,16,17). The Morgan fingerprint density at radius 1 is 1.20 bits per heavy atom. The summed E-state index contributed by atoms with van der Waals surface area (Å²) in [5, 5.41) is 9.13. The van der Waals surface area contributed by atoms with Gasteiger partial charge in [-0.25, -0.2) is 8.42 Å². The summed E-state index contributed by atoms with van der Waals surface area (Å²) in [6.07, 6.45) is 6.58. The molecular formula is C14H25NO4S. The quantitative estimate of drug-likeness (QED) is 0.816. The van der Waals surface area contributed by atoms with Gasteiger partial charge in [0.25, 0.3) is 0 Å². The van der Waals surface area contributed by atoms with Gasteiger partial charge in [-0.05, 0) is 44.4 Å². The first kappa shape index (κ1) is 15.8. The van der Waals surface area contributed by atoms with Crippen LogP contribution in [0.5, 0.6) is 0 Å². The van der Waals surface area contributed by atoms with Crippen LogP contribution >= 0.6 is 0 Å². The second kappa shape index (κ2) is 6.02. The monoisotopic (exact) mass is 303 g/mol. The highest BCUT2D eigenvalue weighted by molar-refractivity contribution is 7.90. The fourth-order valence-electron chi connectivity index (χ4n) is 3.49. The number of carboxylic acids is 1. The average Bonchev–Trinajstić information content (AvgIpc) is 2.93. The van der Waals surface area contributed by atoms with Gasteiger partial charge in [-0.1, -0.05) is 26.2 Å². The minimum Gasteiger partial charge on any atom is -0.480 e. The van der Waals surface area contributed by atoms with E-state index < -0.39 is 26.8 Å². The maximum Gasteiger partial charge on any atom is 0.324 e. The SMILES string of the molecule is CCC1CCC(NS(=O)(=O)C2CCCC2)(C(=O)O)CC1. The maximum atomic E-state index is 12.4. The van der Waals surface area contributed by atoms with Crippen molar-refractivity contribution in [1.29, 1.82) is 0 Å². The average molecular weight is 303 g/mol. The molecule has 2 rings (SSSR count). The molecule has 6 heteroatoms. The fourth-order valence-corrected chi connectivity index (χ4v) is 5.45. The molecule has 0 spiro atoms. The van der Waals surface area contributed by atoms with Crippen LogP contribution in [0.15, 0.2) is 0 Å². The second-order valence-corrected chi connectivity index (χ2v) is 8.25. The van der Waals surface area contributed by atoms with Crippen LogP contribution in [0.2, 0.25) is 0 Å². The molecule has 0 aliphatic heterocycles. The zero-order valence-corrected chi connectivity index (χ0v) is 12.9. The van der Waals surface area contributed by atoms with E-state index in [9.17, 15) is 18.3 Å². The van der Waals surface area contributed by atoms with Gasteiger partial charge in [-0.2, -0.15) is 4.72 Å². The van der Waals surface area contributed by atoms with Crippen LogP contribution in [0, 0.1) is 5.92 Å². The predicted octanol–water partition coefficient (Wildman–Crippen LogP) is 2.27.